The van der Waals surface area contributed by atoms with Crippen LogP contribution in [-0.4, -0.2) is 41.4 Å². The molecule has 0 aliphatic carbocycles. The normalized spacial score (nSPS) is 13.1. The van der Waals surface area contributed by atoms with Crippen molar-refractivity contribution in [3.8, 4) is 0 Å². The van der Waals surface area contributed by atoms with Crippen molar-refractivity contribution in [1.29, 1.82) is 0 Å². The average Bonchev–Trinajstić information content (AvgIpc) is 2.28. The Morgan fingerprint density at radius 2 is 2.06 bits per heavy atom. The summed E-state index contributed by atoms with van der Waals surface area (Å²) >= 11 is 5.99. The number of benzene rings is 1. The van der Waals surface area contributed by atoms with E-state index in [1.807, 2.05) is 30.0 Å². The van der Waals surface area contributed by atoms with Crippen molar-refractivity contribution in [2.24, 2.45) is 0 Å². The van der Waals surface area contributed by atoms with Crippen molar-refractivity contribution in [3.05, 3.63) is 34.9 Å². The van der Waals surface area contributed by atoms with E-state index in [9.17, 15) is 5.11 Å². The maximum atomic E-state index is 10.0. The molecule has 0 heterocycles. The van der Waals surface area contributed by atoms with Gasteiger partial charge < -0.3 is 10.2 Å². The molecule has 1 aromatic rings. The topological polar surface area (TPSA) is 43.7 Å². The number of likely N-dealkylation sites (N-methyl/N-ethyl adjacent to an activating group) is 1. The maximum Gasteiger partial charge on any atom is 0.0931 e. The lowest BCUT2D eigenvalue weighted by Crippen LogP contribution is -2.31. The third-order valence-corrected chi connectivity index (χ3v) is 2.90. The summed E-state index contributed by atoms with van der Waals surface area (Å²) in [5, 5.41) is 19.5. The molecule has 0 amide bonds. The number of hydrogen-bond donors (Lipinski definition) is 2. The summed E-state index contributed by atoms with van der Waals surface area (Å²) in [6, 6.07) is 7.28. The zero-order valence-corrected chi connectivity index (χ0v) is 10.2. The fourth-order valence-corrected chi connectivity index (χ4v) is 1.87. The highest BCUT2D eigenvalue weighted by Crippen LogP contribution is 2.22. The zero-order valence-electron chi connectivity index (χ0n) is 9.43. The van der Waals surface area contributed by atoms with Gasteiger partial charge in [-0.2, -0.15) is 0 Å². The van der Waals surface area contributed by atoms with E-state index >= 15 is 0 Å². The van der Waals surface area contributed by atoms with E-state index in [0.29, 0.717) is 18.1 Å². The van der Waals surface area contributed by atoms with Crippen LogP contribution in [0.2, 0.25) is 5.02 Å². The highest BCUT2D eigenvalue weighted by molar-refractivity contribution is 6.31. The van der Waals surface area contributed by atoms with E-state index in [-0.39, 0.29) is 6.61 Å². The predicted octanol–water partition coefficient (Wildman–Crippen LogP) is 1.69. The van der Waals surface area contributed by atoms with Gasteiger partial charge in [0.1, 0.15) is 0 Å². The largest absolute Gasteiger partial charge is 0.395 e. The Hall–Kier alpha value is -0.610. The van der Waals surface area contributed by atoms with Crippen LogP contribution in [-0.2, 0) is 0 Å². The van der Waals surface area contributed by atoms with Crippen molar-refractivity contribution in [2.45, 2.75) is 13.0 Å². The molecule has 0 bridgehead atoms. The van der Waals surface area contributed by atoms with Crippen LogP contribution in [0.1, 0.15) is 18.6 Å². The lowest BCUT2D eigenvalue weighted by atomic mass is 10.1. The molecule has 0 spiro atoms. The summed E-state index contributed by atoms with van der Waals surface area (Å²) in [5.74, 6) is 0. The molecular formula is C12H18ClNO2. The Kier molecular flexibility index (Phi) is 5.77. The van der Waals surface area contributed by atoms with Crippen LogP contribution >= 0.6 is 11.6 Å². The molecule has 1 atom stereocenters. The van der Waals surface area contributed by atoms with Gasteiger partial charge in [0.15, 0.2) is 0 Å². The Bertz CT molecular complexity index is 320. The van der Waals surface area contributed by atoms with E-state index < -0.39 is 6.10 Å². The van der Waals surface area contributed by atoms with Crippen LogP contribution in [0, 0.1) is 0 Å². The fraction of sp³-hybridized carbons (Fsp3) is 0.500. The number of hydrogen-bond acceptors (Lipinski definition) is 3. The molecule has 0 aliphatic rings. The smallest absolute Gasteiger partial charge is 0.0931 e. The summed E-state index contributed by atoms with van der Waals surface area (Å²) in [4.78, 5) is 1.98. The van der Waals surface area contributed by atoms with Gasteiger partial charge in [-0.15, -0.1) is 0 Å². The lowest BCUT2D eigenvalue weighted by molar-refractivity contribution is 0.103. The van der Waals surface area contributed by atoms with Gasteiger partial charge >= 0.3 is 0 Å². The Balaban J connectivity index is 2.64. The molecule has 1 unspecified atom stereocenters. The molecule has 4 heteroatoms. The molecule has 90 valence electrons. The van der Waals surface area contributed by atoms with Gasteiger partial charge in [0.25, 0.3) is 0 Å². The Labute approximate surface area is 101 Å². The predicted molar refractivity (Wildman–Crippen MR) is 65.6 cm³/mol. The van der Waals surface area contributed by atoms with E-state index in [1.165, 1.54) is 0 Å². The second kappa shape index (κ2) is 6.86. The van der Waals surface area contributed by atoms with Crippen molar-refractivity contribution in [2.75, 3.05) is 26.2 Å². The first kappa shape index (κ1) is 13.5. The highest BCUT2D eigenvalue weighted by atomic mass is 35.5. The van der Waals surface area contributed by atoms with E-state index in [0.717, 1.165) is 12.1 Å². The summed E-state index contributed by atoms with van der Waals surface area (Å²) in [6.45, 7) is 3.94. The lowest BCUT2D eigenvalue weighted by Gasteiger charge is -2.23. The first-order valence-electron chi connectivity index (χ1n) is 5.44. The first-order valence-corrected chi connectivity index (χ1v) is 5.82. The van der Waals surface area contributed by atoms with E-state index in [1.54, 1.807) is 6.07 Å². The fourth-order valence-electron chi connectivity index (χ4n) is 1.61. The molecule has 0 radical (unpaired) electrons. The van der Waals surface area contributed by atoms with Crippen molar-refractivity contribution >= 4 is 11.6 Å². The molecular weight excluding hydrogens is 226 g/mol. The van der Waals surface area contributed by atoms with Crippen LogP contribution in [0.15, 0.2) is 24.3 Å². The van der Waals surface area contributed by atoms with E-state index in [4.69, 9.17) is 16.7 Å². The number of aliphatic hydroxyl groups is 2. The highest BCUT2D eigenvalue weighted by Gasteiger charge is 2.14. The maximum absolute atomic E-state index is 10.0. The van der Waals surface area contributed by atoms with Crippen LogP contribution in [0.4, 0.5) is 0 Å². The molecule has 0 saturated heterocycles. The molecule has 1 rings (SSSR count). The average molecular weight is 244 g/mol. The summed E-state index contributed by atoms with van der Waals surface area (Å²) in [5.41, 5.74) is 0.737. The van der Waals surface area contributed by atoms with Gasteiger partial charge in [0.2, 0.25) is 0 Å². The van der Waals surface area contributed by atoms with Crippen LogP contribution in [0.3, 0.4) is 0 Å². The Morgan fingerprint density at radius 1 is 1.38 bits per heavy atom. The van der Waals surface area contributed by atoms with Crippen LogP contribution in [0.25, 0.3) is 0 Å². The van der Waals surface area contributed by atoms with Gasteiger partial charge in [-0.1, -0.05) is 36.7 Å². The SMILES string of the molecule is CCN(CCO)CC(O)c1ccccc1Cl. The van der Waals surface area contributed by atoms with Crippen molar-refractivity contribution < 1.29 is 10.2 Å². The van der Waals surface area contributed by atoms with E-state index in [2.05, 4.69) is 0 Å². The van der Waals surface area contributed by atoms with Crippen LogP contribution < -0.4 is 0 Å². The third kappa shape index (κ3) is 3.76. The third-order valence-electron chi connectivity index (χ3n) is 2.56. The van der Waals surface area contributed by atoms with Crippen molar-refractivity contribution in [1.82, 2.24) is 4.90 Å². The standard InChI is InChI=1S/C12H18ClNO2/c1-2-14(7-8-15)9-12(16)10-5-3-4-6-11(10)13/h3-6,12,15-16H,2,7-9H2,1H3. The number of halogens is 1. The van der Waals surface area contributed by atoms with Gasteiger partial charge in [0.05, 0.1) is 12.7 Å². The van der Waals surface area contributed by atoms with Gasteiger partial charge in [-0.3, -0.25) is 4.90 Å². The molecule has 0 aliphatic heterocycles. The number of aliphatic hydroxyl groups excluding tert-OH is 2. The van der Waals surface area contributed by atoms with Gasteiger partial charge in [-0.05, 0) is 12.6 Å². The molecule has 0 aromatic heterocycles. The van der Waals surface area contributed by atoms with Gasteiger partial charge in [0, 0.05) is 23.7 Å². The number of rotatable bonds is 6. The molecule has 3 nitrogen and oxygen atoms in total. The molecule has 1 aromatic carbocycles. The zero-order chi connectivity index (χ0) is 12.0. The molecule has 0 saturated carbocycles. The Morgan fingerprint density at radius 3 is 2.62 bits per heavy atom. The second-order valence-electron chi connectivity index (χ2n) is 3.65. The summed E-state index contributed by atoms with van der Waals surface area (Å²) in [7, 11) is 0. The second-order valence-corrected chi connectivity index (χ2v) is 4.06. The monoisotopic (exact) mass is 243 g/mol. The molecule has 0 fully saturated rings. The molecule has 2 N–H and O–H groups in total. The summed E-state index contributed by atoms with van der Waals surface area (Å²) in [6.07, 6.45) is -0.611. The quantitative estimate of drug-likeness (QED) is 0.799. The first-order chi connectivity index (χ1) is 7.69. The minimum atomic E-state index is -0.611. The van der Waals surface area contributed by atoms with Crippen LogP contribution in [0.5, 0.6) is 0 Å². The molecule has 16 heavy (non-hydrogen) atoms. The number of nitrogens with zero attached hydrogens (tertiary/aromatic N) is 1. The van der Waals surface area contributed by atoms with Crippen molar-refractivity contribution in [3.63, 3.8) is 0 Å². The summed E-state index contributed by atoms with van der Waals surface area (Å²) < 4.78 is 0. The minimum Gasteiger partial charge on any atom is -0.395 e. The minimum absolute atomic E-state index is 0.100. The van der Waals surface area contributed by atoms with Gasteiger partial charge in [-0.25, -0.2) is 0 Å².